The Hall–Kier alpha value is -2.03. The van der Waals surface area contributed by atoms with E-state index >= 15 is 0 Å². The molecule has 1 aliphatic carbocycles. The van der Waals surface area contributed by atoms with Crippen molar-refractivity contribution in [3.63, 3.8) is 0 Å². The molecule has 29 heavy (non-hydrogen) atoms. The zero-order valence-corrected chi connectivity index (χ0v) is 16.8. The molecule has 0 radical (unpaired) electrons. The topological polar surface area (TPSA) is 66.5 Å². The minimum absolute atomic E-state index is 0.189. The Labute approximate surface area is 171 Å². The zero-order valence-electron chi connectivity index (χ0n) is 16.0. The van der Waals surface area contributed by atoms with E-state index in [1.807, 2.05) is 6.26 Å². The average Bonchev–Trinajstić information content (AvgIpc) is 2.93. The van der Waals surface area contributed by atoms with Gasteiger partial charge in [-0.25, -0.2) is 0 Å². The van der Waals surface area contributed by atoms with E-state index in [1.54, 1.807) is 0 Å². The van der Waals surface area contributed by atoms with Gasteiger partial charge in [-0.05, 0) is 55.5 Å². The van der Waals surface area contributed by atoms with E-state index in [0.717, 1.165) is 29.9 Å². The highest BCUT2D eigenvalue weighted by atomic mass is 32.2. The normalized spacial score (nSPS) is 23.1. The number of alkyl halides is 3. The molecular formula is C20H23F3N2O3S. The molecule has 1 aliphatic heterocycles. The van der Waals surface area contributed by atoms with Gasteiger partial charge in [0.15, 0.2) is 0 Å². The van der Waals surface area contributed by atoms with Gasteiger partial charge in [-0.2, -0.15) is 24.9 Å². The monoisotopic (exact) mass is 428 g/mol. The van der Waals surface area contributed by atoms with Crippen LogP contribution in [0.25, 0.3) is 0 Å². The van der Waals surface area contributed by atoms with Crippen LogP contribution in [0.1, 0.15) is 37.7 Å². The summed E-state index contributed by atoms with van der Waals surface area (Å²) < 4.78 is 38.1. The number of halogens is 3. The zero-order chi connectivity index (χ0) is 21.2. The van der Waals surface area contributed by atoms with E-state index in [2.05, 4.69) is 5.32 Å². The number of benzene rings is 1. The van der Waals surface area contributed by atoms with Crippen molar-refractivity contribution in [2.24, 2.45) is 11.8 Å². The van der Waals surface area contributed by atoms with Gasteiger partial charge in [0.1, 0.15) is 6.04 Å². The van der Waals surface area contributed by atoms with E-state index < -0.39 is 23.7 Å². The Morgan fingerprint density at radius 3 is 2.17 bits per heavy atom. The van der Waals surface area contributed by atoms with E-state index in [1.165, 1.54) is 23.9 Å². The van der Waals surface area contributed by atoms with Gasteiger partial charge in [0.2, 0.25) is 17.7 Å². The summed E-state index contributed by atoms with van der Waals surface area (Å²) in [5, 5.41) is 2.57. The summed E-state index contributed by atoms with van der Waals surface area (Å²) in [6.07, 6.45) is 0.780. The molecule has 3 atom stereocenters. The van der Waals surface area contributed by atoms with Gasteiger partial charge in [-0.3, -0.25) is 19.3 Å². The number of amides is 3. The van der Waals surface area contributed by atoms with Crippen molar-refractivity contribution in [2.45, 2.75) is 44.3 Å². The maximum atomic E-state index is 12.9. The number of fused-ring (bicyclic) bond motifs is 1. The number of carbonyl (C=O) groups is 3. The third kappa shape index (κ3) is 4.60. The van der Waals surface area contributed by atoms with Crippen LogP contribution >= 0.6 is 11.8 Å². The fourth-order valence-electron chi connectivity index (χ4n) is 4.07. The molecule has 1 N–H and O–H groups in total. The lowest BCUT2D eigenvalue weighted by Gasteiger charge is -2.26. The number of nitrogens with zero attached hydrogens (tertiary/aromatic N) is 1. The Morgan fingerprint density at radius 2 is 1.69 bits per heavy atom. The number of anilines is 1. The number of rotatable bonds is 6. The summed E-state index contributed by atoms with van der Waals surface area (Å²) >= 11 is 1.49. The molecule has 5 nitrogen and oxygen atoms in total. The van der Waals surface area contributed by atoms with E-state index in [0.29, 0.717) is 25.0 Å². The lowest BCUT2D eigenvalue weighted by molar-refractivity contribution is -0.146. The van der Waals surface area contributed by atoms with Crippen LogP contribution in [0, 0.1) is 11.8 Å². The van der Waals surface area contributed by atoms with Crippen molar-refractivity contribution in [1.29, 1.82) is 0 Å². The van der Waals surface area contributed by atoms with Crippen molar-refractivity contribution in [3.05, 3.63) is 29.8 Å². The highest BCUT2D eigenvalue weighted by Crippen LogP contribution is 2.39. The largest absolute Gasteiger partial charge is 0.416 e. The second kappa shape index (κ2) is 8.77. The number of imide groups is 1. The van der Waals surface area contributed by atoms with Crippen LogP contribution in [0.3, 0.4) is 0 Å². The fraction of sp³-hybridized carbons (Fsp3) is 0.550. The molecule has 1 aromatic carbocycles. The standard InChI is InChI=1S/C20H23F3N2O3S/c1-29-11-10-16(25-18(27)14-4-2-3-5-15(14)19(25)28)17(26)24-13-8-6-12(7-9-13)20(21,22)23/h6-9,14-16H,2-5,10-11H2,1H3,(H,24,26). The van der Waals surface area contributed by atoms with Crippen LogP contribution in [0.4, 0.5) is 18.9 Å². The first-order valence-corrected chi connectivity index (χ1v) is 11.0. The molecule has 1 saturated heterocycles. The molecule has 2 fully saturated rings. The minimum Gasteiger partial charge on any atom is -0.324 e. The number of thioether (sulfide) groups is 1. The van der Waals surface area contributed by atoms with Crippen LogP contribution in [-0.4, -0.2) is 40.7 Å². The van der Waals surface area contributed by atoms with Gasteiger partial charge in [-0.1, -0.05) is 12.8 Å². The first kappa shape index (κ1) is 21.7. The molecule has 2 aliphatic rings. The van der Waals surface area contributed by atoms with Crippen molar-refractivity contribution >= 4 is 35.2 Å². The summed E-state index contributed by atoms with van der Waals surface area (Å²) in [5.74, 6) is -1.29. The highest BCUT2D eigenvalue weighted by Gasteiger charge is 2.51. The molecule has 3 rings (SSSR count). The van der Waals surface area contributed by atoms with Crippen molar-refractivity contribution in [2.75, 3.05) is 17.3 Å². The van der Waals surface area contributed by atoms with Gasteiger partial charge in [0.05, 0.1) is 17.4 Å². The number of likely N-dealkylation sites (tertiary alicyclic amines) is 1. The Kier molecular flexibility index (Phi) is 6.55. The summed E-state index contributed by atoms with van der Waals surface area (Å²) in [5.41, 5.74) is -0.628. The maximum Gasteiger partial charge on any atom is 0.416 e. The van der Waals surface area contributed by atoms with E-state index in [-0.39, 0.29) is 29.3 Å². The third-order valence-electron chi connectivity index (χ3n) is 5.56. The fourth-order valence-corrected chi connectivity index (χ4v) is 4.53. The summed E-state index contributed by atoms with van der Waals surface area (Å²) in [6.45, 7) is 0. The number of hydrogen-bond acceptors (Lipinski definition) is 4. The molecule has 3 amide bonds. The second-order valence-electron chi connectivity index (χ2n) is 7.41. The lowest BCUT2D eigenvalue weighted by atomic mass is 9.81. The molecule has 9 heteroatoms. The molecule has 0 aromatic heterocycles. The van der Waals surface area contributed by atoms with Crippen molar-refractivity contribution in [1.82, 2.24) is 4.90 Å². The first-order chi connectivity index (χ1) is 13.7. The van der Waals surface area contributed by atoms with Crippen LogP contribution < -0.4 is 5.32 Å². The molecule has 1 heterocycles. The van der Waals surface area contributed by atoms with Crippen LogP contribution in [0.15, 0.2) is 24.3 Å². The first-order valence-electron chi connectivity index (χ1n) is 9.58. The predicted octanol–water partition coefficient (Wildman–Crippen LogP) is 3.94. The SMILES string of the molecule is CSCCC(C(=O)Nc1ccc(C(F)(F)F)cc1)N1C(=O)C2CCCCC2C1=O. The Morgan fingerprint density at radius 1 is 1.14 bits per heavy atom. The highest BCUT2D eigenvalue weighted by molar-refractivity contribution is 7.98. The van der Waals surface area contributed by atoms with Crippen molar-refractivity contribution < 1.29 is 27.6 Å². The summed E-state index contributed by atoms with van der Waals surface area (Å²) in [7, 11) is 0. The van der Waals surface area contributed by atoms with Crippen LogP contribution in [0.5, 0.6) is 0 Å². The Balaban J connectivity index is 1.78. The number of hydrogen-bond donors (Lipinski definition) is 1. The van der Waals surface area contributed by atoms with Crippen LogP contribution in [-0.2, 0) is 20.6 Å². The molecule has 1 aromatic rings. The van der Waals surface area contributed by atoms with Gasteiger partial charge in [0, 0.05) is 5.69 Å². The lowest BCUT2D eigenvalue weighted by Crippen LogP contribution is -2.48. The molecular weight excluding hydrogens is 405 g/mol. The molecule has 3 unspecified atom stereocenters. The molecule has 0 bridgehead atoms. The van der Waals surface area contributed by atoms with Gasteiger partial charge < -0.3 is 5.32 Å². The molecule has 158 valence electrons. The maximum absolute atomic E-state index is 12.9. The summed E-state index contributed by atoms with van der Waals surface area (Å²) in [6, 6.07) is 3.13. The van der Waals surface area contributed by atoms with E-state index in [9.17, 15) is 27.6 Å². The molecule has 1 saturated carbocycles. The number of nitrogens with one attached hydrogen (secondary N) is 1. The van der Waals surface area contributed by atoms with Gasteiger partial charge >= 0.3 is 6.18 Å². The van der Waals surface area contributed by atoms with Gasteiger partial charge in [0.25, 0.3) is 0 Å². The van der Waals surface area contributed by atoms with Gasteiger partial charge in [-0.15, -0.1) is 0 Å². The second-order valence-corrected chi connectivity index (χ2v) is 8.39. The third-order valence-corrected chi connectivity index (χ3v) is 6.21. The average molecular weight is 428 g/mol. The predicted molar refractivity (Wildman–Crippen MR) is 104 cm³/mol. The quantitative estimate of drug-likeness (QED) is 0.697. The van der Waals surface area contributed by atoms with Crippen molar-refractivity contribution in [3.8, 4) is 0 Å². The number of carbonyl (C=O) groups excluding carboxylic acids is 3. The van der Waals surface area contributed by atoms with Crippen LogP contribution in [0.2, 0.25) is 0 Å². The smallest absolute Gasteiger partial charge is 0.324 e. The summed E-state index contributed by atoms with van der Waals surface area (Å²) in [4.78, 5) is 39.7. The minimum atomic E-state index is -4.46. The molecule has 0 spiro atoms. The Bertz CT molecular complexity index is 758. The van der Waals surface area contributed by atoms with E-state index in [4.69, 9.17) is 0 Å².